The van der Waals surface area contributed by atoms with Crippen molar-refractivity contribution in [2.75, 3.05) is 19.6 Å². The Labute approximate surface area is 109 Å². The number of nitrogens with one attached hydrogen (secondary N) is 1. The first kappa shape index (κ1) is 14.8. The number of likely N-dealkylation sites (tertiary alicyclic amines) is 1. The fourth-order valence-electron chi connectivity index (χ4n) is 2.24. The highest BCUT2D eigenvalue weighted by molar-refractivity contribution is 5.74. The van der Waals surface area contributed by atoms with Crippen molar-refractivity contribution >= 4 is 12.0 Å². The highest BCUT2D eigenvalue weighted by atomic mass is 16.4. The lowest BCUT2D eigenvalue weighted by atomic mass is 9.92. The van der Waals surface area contributed by atoms with Gasteiger partial charge < -0.3 is 15.3 Å². The Bertz CT molecular complexity index is 273. The summed E-state index contributed by atoms with van der Waals surface area (Å²) in [7, 11) is 0. The minimum absolute atomic E-state index is 0.0279. The molecule has 0 unspecified atom stereocenters. The lowest BCUT2D eigenvalue weighted by molar-refractivity contribution is -0.137. The van der Waals surface area contributed by atoms with Crippen molar-refractivity contribution in [3.63, 3.8) is 0 Å². The van der Waals surface area contributed by atoms with Crippen LogP contribution in [0.1, 0.15) is 45.4 Å². The minimum atomic E-state index is -0.727. The molecule has 0 aromatic carbocycles. The van der Waals surface area contributed by atoms with E-state index in [1.807, 2.05) is 4.90 Å². The van der Waals surface area contributed by atoms with E-state index in [4.69, 9.17) is 5.11 Å². The summed E-state index contributed by atoms with van der Waals surface area (Å²) in [6, 6.07) is 0.0279. The van der Waals surface area contributed by atoms with Crippen LogP contribution < -0.4 is 5.32 Å². The van der Waals surface area contributed by atoms with Gasteiger partial charge in [-0.25, -0.2) is 4.79 Å². The van der Waals surface area contributed by atoms with Crippen LogP contribution in [-0.4, -0.2) is 41.6 Å². The summed E-state index contributed by atoms with van der Waals surface area (Å²) < 4.78 is 0. The van der Waals surface area contributed by atoms with E-state index in [0.717, 1.165) is 51.7 Å². The average molecular weight is 256 g/mol. The molecule has 18 heavy (non-hydrogen) atoms. The van der Waals surface area contributed by atoms with Gasteiger partial charge >= 0.3 is 12.0 Å². The summed E-state index contributed by atoms with van der Waals surface area (Å²) in [5.74, 6) is -0.268. The van der Waals surface area contributed by atoms with Crippen molar-refractivity contribution in [1.82, 2.24) is 10.2 Å². The number of unbranched alkanes of at least 4 members (excludes halogenated alkanes) is 1. The third-order valence-corrected chi connectivity index (χ3v) is 3.47. The SMILES string of the molecule is CCCCNC(=O)N1CCC(CCC(=O)O)CC1. The Morgan fingerprint density at radius 1 is 1.33 bits per heavy atom. The molecule has 1 heterocycles. The van der Waals surface area contributed by atoms with Crippen LogP contribution >= 0.6 is 0 Å². The topological polar surface area (TPSA) is 69.6 Å². The van der Waals surface area contributed by atoms with Crippen molar-refractivity contribution in [2.24, 2.45) is 5.92 Å². The summed E-state index contributed by atoms with van der Waals surface area (Å²) in [6.45, 7) is 4.35. The summed E-state index contributed by atoms with van der Waals surface area (Å²) in [5, 5.41) is 11.5. The van der Waals surface area contributed by atoms with E-state index in [9.17, 15) is 9.59 Å². The van der Waals surface area contributed by atoms with Gasteiger partial charge in [-0.1, -0.05) is 13.3 Å². The molecule has 2 N–H and O–H groups in total. The quantitative estimate of drug-likeness (QED) is 0.715. The summed E-state index contributed by atoms with van der Waals surface area (Å²) >= 11 is 0. The standard InChI is InChI=1S/C13H24N2O3/c1-2-3-8-14-13(18)15-9-6-11(7-10-15)4-5-12(16)17/h11H,2-10H2,1H3,(H,14,18)(H,16,17). The second-order valence-corrected chi connectivity index (χ2v) is 4.95. The maximum absolute atomic E-state index is 11.8. The first-order valence-corrected chi connectivity index (χ1v) is 6.88. The largest absolute Gasteiger partial charge is 0.481 e. The number of carboxylic acid groups (broad SMARTS) is 1. The maximum atomic E-state index is 11.8. The summed E-state index contributed by atoms with van der Waals surface area (Å²) in [6.07, 6.45) is 4.93. The fraction of sp³-hybridized carbons (Fsp3) is 0.846. The van der Waals surface area contributed by atoms with Crippen LogP contribution in [0.3, 0.4) is 0 Å². The molecular formula is C13H24N2O3. The number of nitrogens with zero attached hydrogens (tertiary/aromatic N) is 1. The van der Waals surface area contributed by atoms with Gasteiger partial charge in [0, 0.05) is 26.1 Å². The number of piperidine rings is 1. The van der Waals surface area contributed by atoms with Crippen molar-refractivity contribution in [1.29, 1.82) is 0 Å². The Morgan fingerprint density at radius 3 is 2.56 bits per heavy atom. The molecule has 1 aliphatic heterocycles. The molecule has 0 spiro atoms. The molecule has 0 bridgehead atoms. The molecule has 2 amide bonds. The zero-order valence-corrected chi connectivity index (χ0v) is 11.2. The van der Waals surface area contributed by atoms with Gasteiger partial charge in [0.1, 0.15) is 0 Å². The number of amides is 2. The minimum Gasteiger partial charge on any atom is -0.481 e. The van der Waals surface area contributed by atoms with Crippen LogP contribution in [0.2, 0.25) is 0 Å². The lowest BCUT2D eigenvalue weighted by Gasteiger charge is -2.31. The maximum Gasteiger partial charge on any atom is 0.317 e. The third-order valence-electron chi connectivity index (χ3n) is 3.47. The number of carboxylic acids is 1. The van der Waals surface area contributed by atoms with E-state index in [1.165, 1.54) is 0 Å². The van der Waals surface area contributed by atoms with Crippen LogP contribution in [0.25, 0.3) is 0 Å². The fourth-order valence-corrected chi connectivity index (χ4v) is 2.24. The van der Waals surface area contributed by atoms with Gasteiger partial charge in [0.25, 0.3) is 0 Å². The smallest absolute Gasteiger partial charge is 0.317 e. The average Bonchev–Trinajstić information content (AvgIpc) is 2.37. The zero-order chi connectivity index (χ0) is 13.4. The molecular weight excluding hydrogens is 232 g/mol. The number of rotatable bonds is 6. The van der Waals surface area contributed by atoms with E-state index in [-0.39, 0.29) is 12.5 Å². The highest BCUT2D eigenvalue weighted by Gasteiger charge is 2.22. The molecule has 5 nitrogen and oxygen atoms in total. The molecule has 1 fully saturated rings. The van der Waals surface area contributed by atoms with Gasteiger partial charge in [0.15, 0.2) is 0 Å². The van der Waals surface area contributed by atoms with E-state index in [1.54, 1.807) is 0 Å². The van der Waals surface area contributed by atoms with Gasteiger partial charge in [0.05, 0.1) is 0 Å². The van der Waals surface area contributed by atoms with Crippen LogP contribution in [-0.2, 0) is 4.79 Å². The first-order chi connectivity index (χ1) is 8.63. The number of carbonyl (C=O) groups excluding carboxylic acids is 1. The van der Waals surface area contributed by atoms with E-state index in [2.05, 4.69) is 12.2 Å². The Hall–Kier alpha value is -1.26. The molecule has 1 saturated heterocycles. The van der Waals surface area contributed by atoms with Crippen molar-refractivity contribution in [3.8, 4) is 0 Å². The predicted molar refractivity (Wildman–Crippen MR) is 69.5 cm³/mol. The molecule has 0 aromatic rings. The number of hydrogen-bond donors (Lipinski definition) is 2. The lowest BCUT2D eigenvalue weighted by Crippen LogP contribution is -2.44. The monoisotopic (exact) mass is 256 g/mol. The molecule has 1 rings (SSSR count). The van der Waals surface area contributed by atoms with E-state index < -0.39 is 5.97 Å². The predicted octanol–water partition coefficient (Wildman–Crippen LogP) is 2.07. The molecule has 0 aromatic heterocycles. The number of hydrogen-bond acceptors (Lipinski definition) is 2. The van der Waals surface area contributed by atoms with Gasteiger partial charge in [-0.2, -0.15) is 0 Å². The van der Waals surface area contributed by atoms with Crippen LogP contribution in [0.15, 0.2) is 0 Å². The molecule has 0 radical (unpaired) electrons. The zero-order valence-electron chi connectivity index (χ0n) is 11.2. The summed E-state index contributed by atoms with van der Waals surface area (Å²) in [5.41, 5.74) is 0. The van der Waals surface area contributed by atoms with Gasteiger partial charge in [-0.3, -0.25) is 4.79 Å². The van der Waals surface area contributed by atoms with Gasteiger partial charge in [0.2, 0.25) is 0 Å². The van der Waals surface area contributed by atoms with Crippen molar-refractivity contribution in [3.05, 3.63) is 0 Å². The molecule has 1 aliphatic rings. The van der Waals surface area contributed by atoms with Crippen molar-refractivity contribution in [2.45, 2.75) is 45.4 Å². The molecule has 104 valence electrons. The molecule has 0 saturated carbocycles. The van der Waals surface area contributed by atoms with Gasteiger partial charge in [-0.05, 0) is 31.6 Å². The van der Waals surface area contributed by atoms with E-state index in [0.29, 0.717) is 5.92 Å². The van der Waals surface area contributed by atoms with E-state index >= 15 is 0 Å². The number of urea groups is 1. The molecule has 0 aliphatic carbocycles. The highest BCUT2D eigenvalue weighted by Crippen LogP contribution is 2.21. The number of aliphatic carboxylic acids is 1. The second kappa shape index (κ2) is 7.95. The van der Waals surface area contributed by atoms with Gasteiger partial charge in [-0.15, -0.1) is 0 Å². The Morgan fingerprint density at radius 2 is 2.00 bits per heavy atom. The molecule has 0 atom stereocenters. The van der Waals surface area contributed by atoms with Crippen LogP contribution in [0.5, 0.6) is 0 Å². The first-order valence-electron chi connectivity index (χ1n) is 6.88. The van der Waals surface area contributed by atoms with Crippen molar-refractivity contribution < 1.29 is 14.7 Å². The van der Waals surface area contributed by atoms with Crippen LogP contribution in [0, 0.1) is 5.92 Å². The van der Waals surface area contributed by atoms with Crippen LogP contribution in [0.4, 0.5) is 4.79 Å². The summed E-state index contributed by atoms with van der Waals surface area (Å²) in [4.78, 5) is 24.1. The number of carbonyl (C=O) groups is 2. The normalized spacial score (nSPS) is 16.6. The Kier molecular flexibility index (Phi) is 6.54. The second-order valence-electron chi connectivity index (χ2n) is 4.95. The Balaban J connectivity index is 2.17. The molecule has 5 heteroatoms. The third kappa shape index (κ3) is 5.38.